The van der Waals surface area contributed by atoms with Gasteiger partial charge in [-0.3, -0.25) is 18.5 Å². The van der Waals surface area contributed by atoms with Crippen LogP contribution in [0.3, 0.4) is 0 Å². The summed E-state index contributed by atoms with van der Waals surface area (Å²) in [5.74, 6) is -4.01. The fourth-order valence-corrected chi connectivity index (χ4v) is 7.26. The smallest absolute Gasteiger partial charge is 0.397 e. The van der Waals surface area contributed by atoms with E-state index in [1.54, 1.807) is 0 Å². The van der Waals surface area contributed by atoms with E-state index in [0.29, 0.717) is 5.01 Å². The van der Waals surface area contributed by atoms with Gasteiger partial charge < -0.3 is 15.7 Å². The van der Waals surface area contributed by atoms with Crippen molar-refractivity contribution in [2.75, 3.05) is 28.0 Å². The first-order valence-electron chi connectivity index (χ1n) is 14.7. The topological polar surface area (TPSA) is 364 Å². The molecule has 1 radical (unpaired) electrons. The van der Waals surface area contributed by atoms with Gasteiger partial charge >= 0.3 is 16.4 Å². The molecular weight excluding hydrogens is 877 g/mol. The second kappa shape index (κ2) is 17.5. The number of benzene rings is 3. The largest absolute Gasteiger partial charge is 0.477 e. The minimum Gasteiger partial charge on any atom is -0.477 e. The number of amides is 1. The second-order valence-corrected chi connectivity index (χ2v) is 17.1. The number of nitrogens with one attached hydrogen (secondary N) is 2. The number of sulfone groups is 1. The molecule has 297 valence electrons. The first-order chi connectivity index (χ1) is 26.0. The van der Waals surface area contributed by atoms with E-state index in [1.807, 2.05) is 0 Å². The molecule has 0 bridgehead atoms. The number of aliphatic carboxylic acids is 1. The number of carboxylic acid groups (broad SMARTS) is 1. The maximum atomic E-state index is 13.1. The summed E-state index contributed by atoms with van der Waals surface area (Å²) in [7, 11) is -18.5. The van der Waals surface area contributed by atoms with Gasteiger partial charge in [-0.25, -0.2) is 17.4 Å². The van der Waals surface area contributed by atoms with E-state index < -0.39 is 91.9 Å². The Morgan fingerprint density at radius 1 is 0.807 bits per heavy atom. The molecule has 0 saturated carbocycles. The summed E-state index contributed by atoms with van der Waals surface area (Å²) >= 11 is 6.03. The van der Waals surface area contributed by atoms with Crippen LogP contribution < -0.4 is 15.6 Å². The zero-order chi connectivity index (χ0) is 41.2. The normalized spacial score (nSPS) is 14.9. The van der Waals surface area contributed by atoms with Crippen molar-refractivity contribution in [2.45, 2.75) is 20.7 Å². The number of carbonyl (C=O) groups excluding carboxylic acids is 1. The molecule has 2 heterocycles. The van der Waals surface area contributed by atoms with Gasteiger partial charge in [0.2, 0.25) is 23.2 Å². The van der Waals surface area contributed by atoms with Gasteiger partial charge in [0, 0.05) is 40.9 Å². The maximum absolute atomic E-state index is 13.1. The van der Waals surface area contributed by atoms with Crippen molar-refractivity contribution in [3.8, 4) is 0 Å². The third kappa shape index (κ3) is 11.7. The Bertz CT molecular complexity index is 2740. The summed E-state index contributed by atoms with van der Waals surface area (Å²) in [6.45, 7) is -0.828. The SMILES string of the molecule is O=C(O)C1=NN(c2ccc(S(=O)(=O)O)cc2)C(=O)C1N=Nc1ccc(Nc2nc(Cl)nc(Nc3ccc(S(=O)(=O)CCOS(=O)(=O)O)cc3)n2)cc1S(=O)(=O)O.[Na]. The number of carbonyl (C=O) groups is 2. The van der Waals surface area contributed by atoms with Crippen molar-refractivity contribution in [1.29, 1.82) is 0 Å². The van der Waals surface area contributed by atoms with Gasteiger partial charge in [-0.1, -0.05) is 0 Å². The molecular formula is C27H22ClN9NaO15S4. The molecule has 1 aromatic heterocycles. The second-order valence-electron chi connectivity index (χ2n) is 10.8. The monoisotopic (exact) mass is 898 g/mol. The minimum absolute atomic E-state index is 0. The van der Waals surface area contributed by atoms with E-state index in [0.717, 1.165) is 36.4 Å². The summed E-state index contributed by atoms with van der Waals surface area (Å²) in [4.78, 5) is 35.3. The standard InChI is InChI=1S/C27H22ClN9O15S4.Na/c28-25-31-26(29-14-1-6-17(7-2-14)53(41,42)12-11-52-56(49,50)51)33-27(32-25)30-15-3-10-19(20(13-15)55(46,47)48)34-35-21-22(24(39)40)36-37(23(21)38)16-4-8-18(9-5-16)54(43,44)45;/h1-10,13,21H,11-12H2,(H,39,40)(H,43,44,45)(H,46,47,48)(H,49,50,51)(H2,29,30,31,32,33);. The molecule has 0 fully saturated rings. The molecule has 24 nitrogen and oxygen atoms in total. The van der Waals surface area contributed by atoms with Crippen LogP contribution in [0.25, 0.3) is 0 Å². The Kier molecular flexibility index (Phi) is 13.8. The third-order valence-corrected chi connectivity index (χ3v) is 11.0. The van der Waals surface area contributed by atoms with Crippen LogP contribution in [0.5, 0.6) is 0 Å². The van der Waals surface area contributed by atoms with E-state index in [2.05, 4.69) is 45.1 Å². The van der Waals surface area contributed by atoms with Crippen molar-refractivity contribution >= 4 is 134 Å². The number of halogens is 1. The third-order valence-electron chi connectivity index (χ3n) is 6.94. The fourth-order valence-electron chi connectivity index (χ4n) is 4.49. The number of anilines is 5. The Morgan fingerprint density at radius 2 is 1.37 bits per heavy atom. The molecule has 57 heavy (non-hydrogen) atoms. The summed E-state index contributed by atoms with van der Waals surface area (Å²) in [6, 6.07) is 10.1. The zero-order valence-electron chi connectivity index (χ0n) is 28.3. The van der Waals surface area contributed by atoms with Gasteiger partial charge in [0.1, 0.15) is 10.6 Å². The number of hydrogen-bond acceptors (Lipinski definition) is 19. The molecule has 1 unspecified atom stereocenters. The average molecular weight is 899 g/mol. The number of rotatable bonds is 15. The summed E-state index contributed by atoms with van der Waals surface area (Å²) in [5, 5.41) is 26.3. The fraction of sp³-hybridized carbons (Fsp3) is 0.111. The van der Waals surface area contributed by atoms with Gasteiger partial charge in [0.05, 0.1) is 27.8 Å². The maximum Gasteiger partial charge on any atom is 0.397 e. The number of aromatic nitrogens is 3. The van der Waals surface area contributed by atoms with Crippen LogP contribution in [0, 0.1) is 0 Å². The van der Waals surface area contributed by atoms with Gasteiger partial charge in [-0.2, -0.15) is 60.5 Å². The number of carboxylic acids is 1. The number of azo groups is 1. The summed E-state index contributed by atoms with van der Waals surface area (Å²) in [5.41, 5.74) is -1.35. The van der Waals surface area contributed by atoms with Crippen LogP contribution in [0.2, 0.25) is 5.28 Å². The molecule has 1 aliphatic rings. The predicted octanol–water partition coefficient (Wildman–Crippen LogP) is 1.66. The first-order valence-corrected chi connectivity index (χ1v) is 20.9. The van der Waals surface area contributed by atoms with Crippen molar-refractivity contribution in [3.63, 3.8) is 0 Å². The van der Waals surface area contributed by atoms with E-state index >= 15 is 0 Å². The number of nitrogens with zero attached hydrogens (tertiary/aromatic N) is 7. The Morgan fingerprint density at radius 3 is 1.91 bits per heavy atom. The van der Waals surface area contributed by atoms with Crippen LogP contribution in [-0.2, 0) is 54.2 Å². The quantitative estimate of drug-likeness (QED) is 0.0561. The van der Waals surface area contributed by atoms with E-state index in [4.69, 9.17) is 16.2 Å². The zero-order valence-corrected chi connectivity index (χ0v) is 34.3. The number of hydrogen-bond donors (Lipinski definition) is 6. The molecule has 0 saturated heterocycles. The van der Waals surface area contributed by atoms with E-state index in [-0.39, 0.29) is 68.7 Å². The van der Waals surface area contributed by atoms with Crippen molar-refractivity contribution in [2.24, 2.45) is 15.3 Å². The van der Waals surface area contributed by atoms with Crippen LogP contribution in [0.4, 0.5) is 34.6 Å². The molecule has 1 aliphatic heterocycles. The molecule has 30 heteroatoms. The van der Waals surface area contributed by atoms with Crippen LogP contribution in [0.15, 0.2) is 96.7 Å². The predicted molar refractivity (Wildman–Crippen MR) is 197 cm³/mol. The van der Waals surface area contributed by atoms with Gasteiger partial charge in [0.15, 0.2) is 15.5 Å². The molecule has 1 atom stereocenters. The van der Waals surface area contributed by atoms with Gasteiger partial charge in [-0.05, 0) is 78.3 Å². The minimum atomic E-state index is -5.07. The Labute approximate surface area is 348 Å². The summed E-state index contributed by atoms with van der Waals surface area (Å²) in [6.07, 6.45) is 0. The molecule has 0 spiro atoms. The molecule has 5 rings (SSSR count). The molecule has 4 aromatic rings. The van der Waals surface area contributed by atoms with Crippen LogP contribution in [0.1, 0.15) is 0 Å². The van der Waals surface area contributed by atoms with E-state index in [9.17, 15) is 57.5 Å². The van der Waals surface area contributed by atoms with Crippen molar-refractivity contribution in [3.05, 3.63) is 72.0 Å². The van der Waals surface area contributed by atoms with Crippen LogP contribution in [-0.4, -0.2) is 133 Å². The van der Waals surface area contributed by atoms with E-state index in [1.165, 1.54) is 30.3 Å². The van der Waals surface area contributed by atoms with Crippen LogP contribution >= 0.6 is 11.6 Å². The average Bonchev–Trinajstić information content (AvgIpc) is 3.42. The Hall–Kier alpha value is -4.59. The molecule has 6 N–H and O–H groups in total. The molecule has 1 amide bonds. The summed E-state index contributed by atoms with van der Waals surface area (Å²) < 4.78 is 125. The first kappa shape index (κ1) is 45.1. The molecule has 3 aromatic carbocycles. The van der Waals surface area contributed by atoms with Gasteiger partial charge in [0.25, 0.3) is 26.1 Å². The van der Waals surface area contributed by atoms with Gasteiger partial charge in [-0.15, -0.1) is 0 Å². The molecule has 0 aliphatic carbocycles. The number of hydrazone groups is 1. The Balaban J connectivity index is 0.00000720. The van der Waals surface area contributed by atoms with Crippen molar-refractivity contribution in [1.82, 2.24) is 15.0 Å². The van der Waals surface area contributed by atoms with Crippen molar-refractivity contribution < 1.29 is 66.2 Å².